The average Bonchev–Trinajstić information content (AvgIpc) is 3.63. The van der Waals surface area contributed by atoms with Crippen LogP contribution in [0.1, 0.15) is 59.5 Å². The molecule has 0 unspecified atom stereocenters. The van der Waals surface area contributed by atoms with Gasteiger partial charge < -0.3 is 23.5 Å². The number of rotatable bonds is 11. The third-order valence-corrected chi connectivity index (χ3v) is 10.2. The van der Waals surface area contributed by atoms with E-state index >= 15 is 0 Å². The number of carbonyl (C=O) groups excluding carboxylic acids is 1. The number of furan rings is 1. The predicted molar refractivity (Wildman–Crippen MR) is 191 cm³/mol. The molecule has 0 spiro atoms. The summed E-state index contributed by atoms with van der Waals surface area (Å²) in [4.78, 5) is 37.6. The van der Waals surface area contributed by atoms with Crippen LogP contribution in [-0.2, 0) is 24.2 Å². The number of piperazine rings is 1. The number of carbonyl (C=O) groups is 1. The van der Waals surface area contributed by atoms with Crippen LogP contribution in [0.5, 0.6) is 0 Å². The molecule has 0 saturated carbocycles. The third kappa shape index (κ3) is 6.93. The van der Waals surface area contributed by atoms with Gasteiger partial charge in [0.2, 0.25) is 5.91 Å². The van der Waals surface area contributed by atoms with Gasteiger partial charge in [0.25, 0.3) is 5.56 Å². The van der Waals surface area contributed by atoms with E-state index in [0.29, 0.717) is 43.1 Å². The molecule has 1 saturated heterocycles. The SMILES string of the molecule is CCCCc1nc(C)c(CC(=O)N2CCN(C)CC2)c(=O)n1Cc1ccc(-c2ccccc2SNc2noc(C)c2C)c2oc(C)cc12. The fourth-order valence-electron chi connectivity index (χ4n) is 6.18. The summed E-state index contributed by atoms with van der Waals surface area (Å²) >= 11 is 1.47. The van der Waals surface area contributed by atoms with Crippen molar-refractivity contribution >= 4 is 34.6 Å². The molecular formula is C37H44N6O4S. The first-order valence-corrected chi connectivity index (χ1v) is 17.5. The van der Waals surface area contributed by atoms with Crippen LogP contribution in [0.4, 0.5) is 5.82 Å². The van der Waals surface area contributed by atoms with Gasteiger partial charge in [-0.05, 0) is 70.8 Å². The van der Waals surface area contributed by atoms with E-state index in [2.05, 4.69) is 53.0 Å². The van der Waals surface area contributed by atoms with Crippen molar-refractivity contribution in [3.63, 3.8) is 0 Å². The van der Waals surface area contributed by atoms with Crippen LogP contribution < -0.4 is 10.3 Å². The molecule has 5 aromatic rings. The maximum atomic E-state index is 14.2. The maximum Gasteiger partial charge on any atom is 0.257 e. The Morgan fingerprint density at radius 3 is 2.52 bits per heavy atom. The zero-order valence-corrected chi connectivity index (χ0v) is 29.5. The fraction of sp³-hybridized carbons (Fsp3) is 0.405. The van der Waals surface area contributed by atoms with E-state index in [1.54, 1.807) is 4.57 Å². The Morgan fingerprint density at radius 1 is 1.02 bits per heavy atom. The fourth-order valence-corrected chi connectivity index (χ4v) is 7.02. The summed E-state index contributed by atoms with van der Waals surface area (Å²) < 4.78 is 16.8. The zero-order chi connectivity index (χ0) is 33.9. The number of nitrogens with one attached hydrogen (secondary N) is 1. The summed E-state index contributed by atoms with van der Waals surface area (Å²) in [7, 11) is 2.06. The molecule has 0 bridgehead atoms. The largest absolute Gasteiger partial charge is 0.461 e. The van der Waals surface area contributed by atoms with Crippen molar-refractivity contribution in [2.24, 2.45) is 0 Å². The molecule has 2 aromatic carbocycles. The Balaban J connectivity index is 1.35. The van der Waals surface area contributed by atoms with Gasteiger partial charge in [-0.1, -0.05) is 48.8 Å². The molecule has 1 aliphatic heterocycles. The predicted octanol–water partition coefficient (Wildman–Crippen LogP) is 6.70. The Kier molecular flexibility index (Phi) is 10.1. The van der Waals surface area contributed by atoms with Crippen molar-refractivity contribution < 1.29 is 13.7 Å². The van der Waals surface area contributed by atoms with Gasteiger partial charge in [-0.3, -0.25) is 14.2 Å². The number of likely N-dealkylation sites (N-methyl/N-ethyl adjacent to an activating group) is 1. The number of unbranched alkanes of at least 4 members (excludes halogenated alkanes) is 1. The first kappa shape index (κ1) is 33.5. The number of fused-ring (bicyclic) bond motifs is 1. The van der Waals surface area contributed by atoms with Gasteiger partial charge in [-0.2, -0.15) is 0 Å². The molecule has 1 aliphatic rings. The van der Waals surface area contributed by atoms with Crippen LogP contribution in [0.3, 0.4) is 0 Å². The quantitative estimate of drug-likeness (QED) is 0.154. The second-order valence-corrected chi connectivity index (χ2v) is 13.6. The molecule has 3 aromatic heterocycles. The Hall–Kier alpha value is -4.35. The molecule has 6 rings (SSSR count). The lowest BCUT2D eigenvalue weighted by Crippen LogP contribution is -2.48. The molecule has 252 valence electrons. The van der Waals surface area contributed by atoms with E-state index < -0.39 is 0 Å². The number of amides is 1. The first-order valence-electron chi connectivity index (χ1n) is 16.7. The lowest BCUT2D eigenvalue weighted by atomic mass is 9.99. The molecule has 1 amide bonds. The molecule has 1 fully saturated rings. The van der Waals surface area contributed by atoms with Crippen LogP contribution in [0, 0.1) is 27.7 Å². The van der Waals surface area contributed by atoms with Gasteiger partial charge in [0.1, 0.15) is 22.9 Å². The summed E-state index contributed by atoms with van der Waals surface area (Å²) in [5.74, 6) is 3.00. The number of hydrogen-bond donors (Lipinski definition) is 1. The second-order valence-electron chi connectivity index (χ2n) is 12.7. The summed E-state index contributed by atoms with van der Waals surface area (Å²) in [6.45, 7) is 13.2. The minimum Gasteiger partial charge on any atom is -0.461 e. The van der Waals surface area contributed by atoms with E-state index in [1.165, 1.54) is 11.9 Å². The Morgan fingerprint density at radius 2 is 1.79 bits per heavy atom. The highest BCUT2D eigenvalue weighted by Gasteiger charge is 2.24. The molecule has 0 atom stereocenters. The molecular weight excluding hydrogens is 625 g/mol. The first-order chi connectivity index (χ1) is 23.1. The minimum absolute atomic E-state index is 0.0185. The number of aromatic nitrogens is 3. The van der Waals surface area contributed by atoms with Crippen molar-refractivity contribution in [3.8, 4) is 11.1 Å². The number of hydrogen-bond acceptors (Lipinski definition) is 9. The van der Waals surface area contributed by atoms with Crippen LogP contribution in [0.2, 0.25) is 0 Å². The van der Waals surface area contributed by atoms with Gasteiger partial charge in [-0.15, -0.1) is 0 Å². The third-order valence-electron chi connectivity index (χ3n) is 9.30. The highest BCUT2D eigenvalue weighted by Crippen LogP contribution is 2.39. The van der Waals surface area contributed by atoms with Crippen molar-refractivity contribution in [2.75, 3.05) is 37.9 Å². The zero-order valence-electron chi connectivity index (χ0n) is 28.7. The van der Waals surface area contributed by atoms with Crippen molar-refractivity contribution in [3.05, 3.63) is 92.5 Å². The lowest BCUT2D eigenvalue weighted by molar-refractivity contribution is -0.132. The average molecular weight is 669 g/mol. The van der Waals surface area contributed by atoms with E-state index in [-0.39, 0.29) is 17.9 Å². The standard InChI is InChI=1S/C37H44N6O4S/c1-7-8-13-33-38-25(4)30(21-34(44)42-18-16-41(6)17-19-42)37(45)43(33)22-27-14-15-29(35-31(27)20-23(2)46-35)28-11-9-10-12-32(28)48-40-36-24(3)26(5)47-39-36/h9-12,14-15,20H,7-8,13,16-19,21-22H2,1-6H3,(H,39,40). The minimum atomic E-state index is -0.139. The Bertz CT molecular complexity index is 2000. The highest BCUT2D eigenvalue weighted by molar-refractivity contribution is 8.00. The van der Waals surface area contributed by atoms with Crippen molar-refractivity contribution in [1.82, 2.24) is 24.5 Å². The molecule has 1 N–H and O–H groups in total. The summed E-state index contributed by atoms with van der Waals surface area (Å²) in [5.41, 5.74) is 5.65. The van der Waals surface area contributed by atoms with E-state index in [9.17, 15) is 9.59 Å². The van der Waals surface area contributed by atoms with Gasteiger partial charge in [0.15, 0.2) is 5.82 Å². The van der Waals surface area contributed by atoms with Crippen LogP contribution in [-0.4, -0.2) is 63.6 Å². The van der Waals surface area contributed by atoms with E-state index in [0.717, 1.165) is 81.4 Å². The van der Waals surface area contributed by atoms with Crippen LogP contribution >= 0.6 is 11.9 Å². The topological polar surface area (TPSA) is 110 Å². The van der Waals surface area contributed by atoms with Gasteiger partial charge >= 0.3 is 0 Å². The molecule has 0 radical (unpaired) electrons. The number of aryl methyl sites for hydroxylation is 4. The Labute approximate surface area is 285 Å². The second kappa shape index (κ2) is 14.4. The summed E-state index contributed by atoms with van der Waals surface area (Å²) in [6, 6.07) is 14.4. The van der Waals surface area contributed by atoms with E-state index in [4.69, 9.17) is 13.9 Å². The van der Waals surface area contributed by atoms with Crippen molar-refractivity contribution in [1.29, 1.82) is 0 Å². The molecule has 11 heteroatoms. The molecule has 10 nitrogen and oxygen atoms in total. The number of nitrogens with zero attached hydrogens (tertiary/aromatic N) is 5. The molecule has 4 heterocycles. The smallest absolute Gasteiger partial charge is 0.257 e. The number of anilines is 1. The van der Waals surface area contributed by atoms with Gasteiger partial charge in [0, 0.05) is 70.8 Å². The maximum absolute atomic E-state index is 14.2. The van der Waals surface area contributed by atoms with E-state index in [1.807, 2.05) is 50.8 Å². The van der Waals surface area contributed by atoms with Gasteiger partial charge in [-0.25, -0.2) is 4.98 Å². The van der Waals surface area contributed by atoms with Crippen LogP contribution in [0.15, 0.2) is 61.1 Å². The highest BCUT2D eigenvalue weighted by atomic mass is 32.2. The number of benzene rings is 2. The molecule has 0 aliphatic carbocycles. The summed E-state index contributed by atoms with van der Waals surface area (Å²) in [6.07, 6.45) is 2.65. The summed E-state index contributed by atoms with van der Waals surface area (Å²) in [5, 5.41) is 5.09. The van der Waals surface area contributed by atoms with Crippen LogP contribution in [0.25, 0.3) is 22.1 Å². The normalized spacial score (nSPS) is 13.8. The monoisotopic (exact) mass is 668 g/mol. The van der Waals surface area contributed by atoms with Crippen molar-refractivity contribution in [2.45, 2.75) is 71.7 Å². The molecule has 48 heavy (non-hydrogen) atoms. The lowest BCUT2D eigenvalue weighted by Gasteiger charge is -2.32. The van der Waals surface area contributed by atoms with Gasteiger partial charge in [0.05, 0.1) is 13.0 Å².